The molecule has 0 saturated heterocycles. The first-order valence-electron chi connectivity index (χ1n) is 8.43. The van der Waals surface area contributed by atoms with Crippen molar-refractivity contribution < 1.29 is 9.59 Å². The predicted molar refractivity (Wildman–Crippen MR) is 94.0 cm³/mol. The van der Waals surface area contributed by atoms with Crippen LogP contribution in [-0.4, -0.2) is 32.0 Å². The van der Waals surface area contributed by atoms with Gasteiger partial charge in [0.1, 0.15) is 0 Å². The minimum atomic E-state index is -0.0619. The van der Waals surface area contributed by atoms with Crippen LogP contribution in [0.3, 0.4) is 0 Å². The van der Waals surface area contributed by atoms with E-state index in [2.05, 4.69) is 10.6 Å². The summed E-state index contributed by atoms with van der Waals surface area (Å²) in [5.41, 5.74) is 2.12. The molecule has 1 saturated carbocycles. The van der Waals surface area contributed by atoms with Crippen LogP contribution in [0.25, 0.3) is 0 Å². The predicted octanol–water partition coefficient (Wildman–Crippen LogP) is 3.16. The van der Waals surface area contributed by atoms with Gasteiger partial charge in [-0.3, -0.25) is 9.59 Å². The van der Waals surface area contributed by atoms with Crippen LogP contribution in [0, 0.1) is 0 Å². The van der Waals surface area contributed by atoms with E-state index in [1.54, 1.807) is 13.0 Å². The van der Waals surface area contributed by atoms with Gasteiger partial charge in [-0.05, 0) is 31.0 Å². The van der Waals surface area contributed by atoms with E-state index in [-0.39, 0.29) is 17.9 Å². The first-order chi connectivity index (χ1) is 11.0. The third-order valence-electron chi connectivity index (χ3n) is 4.27. The van der Waals surface area contributed by atoms with E-state index in [9.17, 15) is 9.59 Å². The van der Waals surface area contributed by atoms with E-state index in [0.29, 0.717) is 17.7 Å². The molecule has 2 amide bonds. The maximum Gasteiger partial charge on any atom is 0.253 e. The topological polar surface area (TPSA) is 61.4 Å². The summed E-state index contributed by atoms with van der Waals surface area (Å²) in [6.45, 7) is 1.81. The second kappa shape index (κ2) is 7.99. The lowest BCUT2D eigenvalue weighted by atomic mass is 9.95. The number of rotatable bonds is 5. The number of amides is 2. The number of benzene rings is 1. The van der Waals surface area contributed by atoms with Crippen LogP contribution in [-0.2, 0) is 4.79 Å². The van der Waals surface area contributed by atoms with Crippen molar-refractivity contribution in [2.24, 2.45) is 0 Å². The summed E-state index contributed by atoms with van der Waals surface area (Å²) in [6, 6.07) is 5.74. The van der Waals surface area contributed by atoms with Gasteiger partial charge < -0.3 is 15.5 Å². The van der Waals surface area contributed by atoms with E-state index >= 15 is 0 Å². The molecule has 1 aromatic carbocycles. The Bertz CT molecular complexity index is 563. The lowest BCUT2D eigenvalue weighted by molar-refractivity contribution is -0.115. The van der Waals surface area contributed by atoms with Crippen LogP contribution in [0.15, 0.2) is 18.2 Å². The monoisotopic (exact) mass is 317 g/mol. The molecule has 0 heterocycles. The van der Waals surface area contributed by atoms with Crippen LogP contribution >= 0.6 is 0 Å². The molecule has 0 bridgehead atoms. The minimum Gasteiger partial charge on any atom is -0.377 e. The Labute approximate surface area is 138 Å². The number of hydrogen-bond donors (Lipinski definition) is 2. The molecule has 0 aromatic heterocycles. The number of hydrogen-bond acceptors (Lipinski definition) is 3. The molecule has 5 nitrogen and oxygen atoms in total. The highest BCUT2D eigenvalue weighted by Crippen LogP contribution is 2.24. The summed E-state index contributed by atoms with van der Waals surface area (Å²) in [5.74, 6) is -0.116. The van der Waals surface area contributed by atoms with Gasteiger partial charge in [0.2, 0.25) is 5.91 Å². The van der Waals surface area contributed by atoms with Crippen molar-refractivity contribution in [2.45, 2.75) is 51.5 Å². The summed E-state index contributed by atoms with van der Waals surface area (Å²) in [7, 11) is 3.83. The molecule has 126 valence electrons. The van der Waals surface area contributed by atoms with Crippen molar-refractivity contribution in [3.8, 4) is 0 Å². The maximum atomic E-state index is 12.7. The average Bonchev–Trinajstić information content (AvgIpc) is 2.55. The fraction of sp³-hybridized carbons (Fsp3) is 0.556. The number of nitrogens with zero attached hydrogens (tertiary/aromatic N) is 1. The molecule has 1 fully saturated rings. The second-order valence-electron chi connectivity index (χ2n) is 6.34. The first-order valence-corrected chi connectivity index (χ1v) is 8.43. The number of carbonyl (C=O) groups is 2. The molecule has 0 radical (unpaired) electrons. The van der Waals surface area contributed by atoms with Crippen LogP contribution < -0.4 is 15.5 Å². The van der Waals surface area contributed by atoms with Gasteiger partial charge in [-0.25, -0.2) is 0 Å². The Morgan fingerprint density at radius 3 is 2.48 bits per heavy atom. The lowest BCUT2D eigenvalue weighted by Crippen LogP contribution is -2.36. The molecule has 0 aliphatic heterocycles. The highest BCUT2D eigenvalue weighted by molar-refractivity contribution is 6.02. The van der Waals surface area contributed by atoms with Gasteiger partial charge >= 0.3 is 0 Å². The van der Waals surface area contributed by atoms with E-state index in [0.717, 1.165) is 18.5 Å². The zero-order chi connectivity index (χ0) is 16.8. The average molecular weight is 317 g/mol. The quantitative estimate of drug-likeness (QED) is 0.877. The summed E-state index contributed by atoms with van der Waals surface area (Å²) >= 11 is 0. The van der Waals surface area contributed by atoms with Gasteiger partial charge in [0, 0.05) is 37.9 Å². The molecule has 2 N–H and O–H groups in total. The molecule has 0 atom stereocenters. The molecule has 2 rings (SSSR count). The van der Waals surface area contributed by atoms with Gasteiger partial charge in [0.15, 0.2) is 0 Å². The largest absolute Gasteiger partial charge is 0.377 e. The highest BCUT2D eigenvalue weighted by Gasteiger charge is 2.20. The standard InChI is InChI=1S/C18H27N3O2/c1-4-17(22)19-14-10-11-16(21(2)3)15(12-14)18(23)20-13-8-6-5-7-9-13/h10-13H,4-9H2,1-3H3,(H,19,22)(H,20,23). The van der Waals surface area contributed by atoms with Gasteiger partial charge in [0.05, 0.1) is 5.56 Å². The maximum absolute atomic E-state index is 12.7. The molecule has 1 aliphatic rings. The fourth-order valence-electron chi connectivity index (χ4n) is 2.95. The van der Waals surface area contributed by atoms with Crippen LogP contribution in [0.5, 0.6) is 0 Å². The smallest absolute Gasteiger partial charge is 0.253 e. The molecule has 5 heteroatoms. The third-order valence-corrected chi connectivity index (χ3v) is 4.27. The SMILES string of the molecule is CCC(=O)Nc1ccc(N(C)C)c(C(=O)NC2CCCCC2)c1. The Morgan fingerprint density at radius 2 is 1.87 bits per heavy atom. The molecular formula is C18H27N3O2. The van der Waals surface area contributed by atoms with Gasteiger partial charge in [0.25, 0.3) is 5.91 Å². The summed E-state index contributed by atoms with van der Waals surface area (Å²) in [5, 5.41) is 5.97. The third kappa shape index (κ3) is 4.71. The second-order valence-corrected chi connectivity index (χ2v) is 6.34. The zero-order valence-corrected chi connectivity index (χ0v) is 14.3. The Hall–Kier alpha value is -2.04. The lowest BCUT2D eigenvalue weighted by Gasteiger charge is -2.24. The Balaban J connectivity index is 2.19. The van der Waals surface area contributed by atoms with Gasteiger partial charge in [-0.2, -0.15) is 0 Å². The Kier molecular flexibility index (Phi) is 6.02. The number of carbonyl (C=O) groups excluding carboxylic acids is 2. The number of anilines is 2. The van der Waals surface area contributed by atoms with Crippen LogP contribution in [0.2, 0.25) is 0 Å². The van der Waals surface area contributed by atoms with Crippen LogP contribution in [0.1, 0.15) is 55.8 Å². The molecule has 0 unspecified atom stereocenters. The van der Waals surface area contributed by atoms with Crippen molar-refractivity contribution in [3.05, 3.63) is 23.8 Å². The normalized spacial score (nSPS) is 15.1. The summed E-state index contributed by atoms with van der Waals surface area (Å²) in [4.78, 5) is 26.2. The summed E-state index contributed by atoms with van der Waals surface area (Å²) < 4.78 is 0. The van der Waals surface area contributed by atoms with E-state index in [1.807, 2.05) is 31.1 Å². The molecule has 0 spiro atoms. The highest BCUT2D eigenvalue weighted by atomic mass is 16.2. The van der Waals surface area contributed by atoms with Crippen molar-refractivity contribution in [2.75, 3.05) is 24.3 Å². The minimum absolute atomic E-state index is 0.0544. The molecule has 23 heavy (non-hydrogen) atoms. The van der Waals surface area contributed by atoms with Crippen molar-refractivity contribution in [3.63, 3.8) is 0 Å². The number of nitrogens with one attached hydrogen (secondary N) is 2. The molecule has 1 aromatic rings. The van der Waals surface area contributed by atoms with Crippen molar-refractivity contribution >= 4 is 23.2 Å². The zero-order valence-electron chi connectivity index (χ0n) is 14.3. The van der Waals surface area contributed by atoms with Crippen LogP contribution in [0.4, 0.5) is 11.4 Å². The fourth-order valence-corrected chi connectivity index (χ4v) is 2.95. The van der Waals surface area contributed by atoms with Gasteiger partial charge in [-0.15, -0.1) is 0 Å². The van der Waals surface area contributed by atoms with E-state index in [1.165, 1.54) is 19.3 Å². The molecular weight excluding hydrogens is 290 g/mol. The van der Waals surface area contributed by atoms with Gasteiger partial charge in [-0.1, -0.05) is 26.2 Å². The first kappa shape index (κ1) is 17.3. The summed E-state index contributed by atoms with van der Waals surface area (Å²) in [6.07, 6.45) is 6.13. The molecule has 1 aliphatic carbocycles. The van der Waals surface area contributed by atoms with Crippen molar-refractivity contribution in [1.29, 1.82) is 0 Å². The Morgan fingerprint density at radius 1 is 1.17 bits per heavy atom. The van der Waals surface area contributed by atoms with E-state index < -0.39 is 0 Å². The van der Waals surface area contributed by atoms with Crippen molar-refractivity contribution in [1.82, 2.24) is 5.32 Å². The van der Waals surface area contributed by atoms with E-state index in [4.69, 9.17) is 0 Å².